The summed E-state index contributed by atoms with van der Waals surface area (Å²) in [5.41, 5.74) is -1.31. The Balaban J connectivity index is 2.37. The SMILES string of the molecule is CCN(CCN(C)CC(F)(F)F)c1nc2ccccn2c(=O)c1[N+](=O)[O-]. The molecule has 0 saturated heterocycles. The van der Waals surface area contributed by atoms with Gasteiger partial charge in [-0.05, 0) is 26.1 Å². The van der Waals surface area contributed by atoms with E-state index in [2.05, 4.69) is 4.98 Å². The van der Waals surface area contributed by atoms with E-state index >= 15 is 0 Å². The molecular formula is C15H18F3N5O3. The van der Waals surface area contributed by atoms with E-state index in [1.807, 2.05) is 0 Å². The monoisotopic (exact) mass is 373 g/mol. The number of anilines is 1. The van der Waals surface area contributed by atoms with E-state index in [1.165, 1.54) is 24.2 Å². The summed E-state index contributed by atoms with van der Waals surface area (Å²) in [5, 5.41) is 11.4. The minimum absolute atomic E-state index is 0.000342. The maximum Gasteiger partial charge on any atom is 0.401 e. The second kappa shape index (κ2) is 7.68. The molecule has 0 bridgehead atoms. The van der Waals surface area contributed by atoms with Crippen LogP contribution >= 0.6 is 0 Å². The van der Waals surface area contributed by atoms with Gasteiger partial charge in [0.1, 0.15) is 5.65 Å². The highest BCUT2D eigenvalue weighted by Crippen LogP contribution is 2.23. The summed E-state index contributed by atoms with van der Waals surface area (Å²) in [4.78, 5) is 29.7. The topological polar surface area (TPSA) is 84.0 Å². The summed E-state index contributed by atoms with van der Waals surface area (Å²) in [6.45, 7) is 0.887. The van der Waals surface area contributed by atoms with Crippen molar-refractivity contribution in [1.82, 2.24) is 14.3 Å². The molecule has 0 aliphatic rings. The molecule has 0 radical (unpaired) electrons. The van der Waals surface area contributed by atoms with Gasteiger partial charge in [0.2, 0.25) is 5.82 Å². The van der Waals surface area contributed by atoms with Crippen molar-refractivity contribution in [3.8, 4) is 0 Å². The Morgan fingerprint density at radius 1 is 1.31 bits per heavy atom. The zero-order chi connectivity index (χ0) is 19.5. The smallest absolute Gasteiger partial charge is 0.350 e. The van der Waals surface area contributed by atoms with Crippen LogP contribution in [0.5, 0.6) is 0 Å². The van der Waals surface area contributed by atoms with E-state index < -0.39 is 28.9 Å². The van der Waals surface area contributed by atoms with Gasteiger partial charge in [0, 0.05) is 25.8 Å². The molecule has 142 valence electrons. The molecule has 0 fully saturated rings. The number of aromatic nitrogens is 2. The zero-order valence-electron chi connectivity index (χ0n) is 14.2. The number of alkyl halides is 3. The predicted molar refractivity (Wildman–Crippen MR) is 89.6 cm³/mol. The molecule has 2 aromatic rings. The minimum Gasteiger partial charge on any atom is -0.350 e. The molecule has 0 amide bonds. The van der Waals surface area contributed by atoms with Crippen LogP contribution in [0.4, 0.5) is 24.7 Å². The van der Waals surface area contributed by atoms with Crippen LogP contribution in [0.2, 0.25) is 0 Å². The third-order valence-corrected chi connectivity index (χ3v) is 3.76. The average Bonchev–Trinajstić information content (AvgIpc) is 2.53. The highest BCUT2D eigenvalue weighted by Gasteiger charge is 2.30. The second-order valence-electron chi connectivity index (χ2n) is 5.71. The van der Waals surface area contributed by atoms with Crippen molar-refractivity contribution in [2.75, 3.05) is 38.1 Å². The quantitative estimate of drug-likeness (QED) is 0.545. The van der Waals surface area contributed by atoms with Crippen LogP contribution in [0, 0.1) is 10.1 Å². The first-order valence-electron chi connectivity index (χ1n) is 7.80. The Bertz CT molecular complexity index is 853. The van der Waals surface area contributed by atoms with Crippen LogP contribution in [-0.2, 0) is 0 Å². The van der Waals surface area contributed by atoms with Gasteiger partial charge >= 0.3 is 17.4 Å². The fourth-order valence-corrected chi connectivity index (χ4v) is 2.54. The van der Waals surface area contributed by atoms with Gasteiger partial charge in [-0.15, -0.1) is 0 Å². The minimum atomic E-state index is -4.34. The van der Waals surface area contributed by atoms with Gasteiger partial charge in [-0.3, -0.25) is 24.2 Å². The molecule has 0 saturated carbocycles. The van der Waals surface area contributed by atoms with Crippen molar-refractivity contribution in [3.05, 3.63) is 44.9 Å². The summed E-state index contributed by atoms with van der Waals surface area (Å²) in [6.07, 6.45) is -2.97. The second-order valence-corrected chi connectivity index (χ2v) is 5.71. The third-order valence-electron chi connectivity index (χ3n) is 3.76. The normalized spacial score (nSPS) is 11.9. The molecule has 0 aliphatic carbocycles. The summed E-state index contributed by atoms with van der Waals surface area (Å²) >= 11 is 0. The van der Waals surface area contributed by atoms with Crippen LogP contribution in [0.15, 0.2) is 29.2 Å². The molecule has 0 aliphatic heterocycles. The molecule has 0 aromatic carbocycles. The molecule has 2 heterocycles. The van der Waals surface area contributed by atoms with Gasteiger partial charge in [-0.1, -0.05) is 6.07 Å². The van der Waals surface area contributed by atoms with Gasteiger partial charge in [0.05, 0.1) is 11.5 Å². The number of nitro groups is 1. The molecule has 2 aromatic heterocycles. The van der Waals surface area contributed by atoms with E-state index in [4.69, 9.17) is 0 Å². The third kappa shape index (κ3) is 4.48. The van der Waals surface area contributed by atoms with E-state index in [0.29, 0.717) is 0 Å². The molecule has 0 unspecified atom stereocenters. The lowest BCUT2D eigenvalue weighted by atomic mass is 10.3. The van der Waals surface area contributed by atoms with Crippen molar-refractivity contribution >= 4 is 17.2 Å². The number of likely N-dealkylation sites (N-methyl/N-ethyl adjacent to an activating group) is 2. The number of rotatable bonds is 7. The van der Waals surface area contributed by atoms with Crippen molar-refractivity contribution in [2.45, 2.75) is 13.1 Å². The Morgan fingerprint density at radius 3 is 2.58 bits per heavy atom. The van der Waals surface area contributed by atoms with Gasteiger partial charge in [0.25, 0.3) is 0 Å². The zero-order valence-corrected chi connectivity index (χ0v) is 14.2. The van der Waals surface area contributed by atoms with Gasteiger partial charge in [-0.25, -0.2) is 4.98 Å². The lowest BCUT2D eigenvalue weighted by Crippen LogP contribution is -2.39. The average molecular weight is 373 g/mol. The number of nitrogens with zero attached hydrogens (tertiary/aromatic N) is 5. The van der Waals surface area contributed by atoms with Gasteiger partial charge in [-0.2, -0.15) is 13.2 Å². The maximum absolute atomic E-state index is 12.4. The standard InChI is InChI=1S/C15H18F3N5O3/c1-3-21(9-8-20(2)10-15(16,17)18)13-12(23(25)26)14(24)22-7-5-4-6-11(22)19-13/h4-7H,3,8-10H2,1-2H3. The van der Waals surface area contributed by atoms with Crippen molar-refractivity contribution in [2.24, 2.45) is 0 Å². The van der Waals surface area contributed by atoms with E-state index in [1.54, 1.807) is 19.1 Å². The number of halogens is 3. The first-order valence-corrected chi connectivity index (χ1v) is 7.80. The molecule has 11 heteroatoms. The number of hydrogen-bond acceptors (Lipinski definition) is 6. The maximum atomic E-state index is 12.4. The Morgan fingerprint density at radius 2 is 2.00 bits per heavy atom. The van der Waals surface area contributed by atoms with Crippen LogP contribution < -0.4 is 10.5 Å². The predicted octanol–water partition coefficient (Wildman–Crippen LogP) is 1.92. The molecule has 26 heavy (non-hydrogen) atoms. The van der Waals surface area contributed by atoms with Crippen LogP contribution in [0.1, 0.15) is 6.92 Å². The van der Waals surface area contributed by atoms with E-state index in [9.17, 15) is 28.1 Å². The number of pyridine rings is 1. The van der Waals surface area contributed by atoms with E-state index in [0.717, 1.165) is 9.30 Å². The number of fused-ring (bicyclic) bond motifs is 1. The first-order chi connectivity index (χ1) is 12.1. The highest BCUT2D eigenvalue weighted by molar-refractivity contribution is 5.61. The molecule has 0 spiro atoms. The van der Waals surface area contributed by atoms with Crippen molar-refractivity contribution in [3.63, 3.8) is 0 Å². The Labute approximate surface area is 146 Å². The van der Waals surface area contributed by atoms with E-state index in [-0.39, 0.29) is 31.1 Å². The van der Waals surface area contributed by atoms with Crippen LogP contribution in [0.3, 0.4) is 0 Å². The van der Waals surface area contributed by atoms with Crippen molar-refractivity contribution in [1.29, 1.82) is 0 Å². The van der Waals surface area contributed by atoms with Gasteiger partial charge in [0.15, 0.2) is 0 Å². The molecule has 8 nitrogen and oxygen atoms in total. The number of hydrogen-bond donors (Lipinski definition) is 0. The molecular weight excluding hydrogens is 355 g/mol. The Hall–Kier alpha value is -2.69. The summed E-state index contributed by atoms with van der Waals surface area (Å²) < 4.78 is 38.4. The lowest BCUT2D eigenvalue weighted by molar-refractivity contribution is -0.385. The first kappa shape index (κ1) is 19.6. The molecule has 0 atom stereocenters. The highest BCUT2D eigenvalue weighted by atomic mass is 19.4. The fourth-order valence-electron chi connectivity index (χ4n) is 2.54. The molecule has 2 rings (SSSR count). The van der Waals surface area contributed by atoms with Crippen LogP contribution in [0.25, 0.3) is 5.65 Å². The Kier molecular flexibility index (Phi) is 5.80. The largest absolute Gasteiger partial charge is 0.401 e. The van der Waals surface area contributed by atoms with Crippen molar-refractivity contribution < 1.29 is 18.1 Å². The fraction of sp³-hybridized carbons (Fsp3) is 0.467. The summed E-state index contributed by atoms with van der Waals surface area (Å²) in [7, 11) is 1.30. The summed E-state index contributed by atoms with van der Waals surface area (Å²) in [6, 6.07) is 4.70. The van der Waals surface area contributed by atoms with Gasteiger partial charge < -0.3 is 4.90 Å². The summed E-state index contributed by atoms with van der Waals surface area (Å²) in [5.74, 6) is -0.144. The molecule has 0 N–H and O–H groups in total. The lowest BCUT2D eigenvalue weighted by Gasteiger charge is -2.25. The van der Waals surface area contributed by atoms with Crippen LogP contribution in [-0.4, -0.2) is 58.6 Å².